The van der Waals surface area contributed by atoms with E-state index in [4.69, 9.17) is 37.9 Å². The van der Waals surface area contributed by atoms with E-state index in [0.717, 1.165) is 26.4 Å². The van der Waals surface area contributed by atoms with Gasteiger partial charge in [0, 0.05) is 31.8 Å². The molecule has 1 aliphatic heterocycles. The van der Waals surface area contributed by atoms with Crippen LogP contribution in [0.25, 0.3) is 0 Å². The molecule has 370 valence electrons. The van der Waals surface area contributed by atoms with Crippen LogP contribution in [0.15, 0.2) is 61.7 Å². The highest BCUT2D eigenvalue weighted by atomic mass is 16.7. The fourth-order valence-electron chi connectivity index (χ4n) is 7.74. The Morgan fingerprint density at radius 1 is 0.536 bits per heavy atom. The van der Waals surface area contributed by atoms with Crippen LogP contribution in [0, 0.1) is 23.7 Å². The fraction of sp³-hybridized carbons (Fsp3) is 0.447. The van der Waals surface area contributed by atoms with Crippen LogP contribution in [0.5, 0.6) is 23.0 Å². The molecule has 2 aromatic rings. The predicted octanol–water partition coefficient (Wildman–Crippen LogP) is 4.85. The molecule has 5 rings (SSSR count). The van der Waals surface area contributed by atoms with Crippen molar-refractivity contribution < 1.29 is 95.3 Å². The van der Waals surface area contributed by atoms with Crippen molar-refractivity contribution in [1.29, 1.82) is 0 Å². The summed E-state index contributed by atoms with van der Waals surface area (Å²) in [5.74, 6) is -8.31. The number of ether oxygens (including phenoxy) is 10. The van der Waals surface area contributed by atoms with Gasteiger partial charge in [-0.3, -0.25) is 19.2 Å². The molecule has 2 aromatic carbocycles. The van der Waals surface area contributed by atoms with E-state index in [9.17, 15) is 47.9 Å². The van der Waals surface area contributed by atoms with E-state index in [1.165, 1.54) is 46.2 Å². The van der Waals surface area contributed by atoms with Crippen LogP contribution in [-0.2, 0) is 57.2 Å². The molecule has 22 nitrogen and oxygen atoms in total. The molecule has 1 atom stereocenters. The molecule has 3 fully saturated rings. The summed E-state index contributed by atoms with van der Waals surface area (Å²) in [6, 6.07) is 6.99. The number of piperazine rings is 1. The summed E-state index contributed by atoms with van der Waals surface area (Å²) < 4.78 is 51.3. The molecule has 2 amide bonds. The van der Waals surface area contributed by atoms with E-state index in [1.807, 2.05) is 0 Å². The summed E-state index contributed by atoms with van der Waals surface area (Å²) in [6.07, 6.45) is 2.63. The molecule has 0 N–H and O–H groups in total. The zero-order valence-electron chi connectivity index (χ0n) is 38.2. The van der Waals surface area contributed by atoms with Gasteiger partial charge in [0.1, 0.15) is 34.1 Å². The van der Waals surface area contributed by atoms with Crippen LogP contribution >= 0.6 is 0 Å². The lowest BCUT2D eigenvalue weighted by atomic mass is 9.82. The van der Waals surface area contributed by atoms with Crippen LogP contribution in [0.1, 0.15) is 79.0 Å². The number of hydrogen-bond acceptors (Lipinski definition) is 20. The van der Waals surface area contributed by atoms with Crippen LogP contribution < -0.4 is 18.9 Å². The summed E-state index contributed by atoms with van der Waals surface area (Å²) in [5.41, 5.74) is -0.395. The minimum atomic E-state index is -0.876. The first-order valence-electron chi connectivity index (χ1n) is 21.8. The summed E-state index contributed by atoms with van der Waals surface area (Å²) in [4.78, 5) is 128. The first-order valence-corrected chi connectivity index (χ1v) is 21.8. The highest BCUT2D eigenvalue weighted by Gasteiger charge is 2.36. The van der Waals surface area contributed by atoms with Crippen LogP contribution in [0.4, 0.5) is 9.59 Å². The molecule has 0 bridgehead atoms. The largest absolute Gasteiger partial charge is 0.465 e. The standard InChI is InChI=1S/C47H52N2O20/c1-6-38(50)62-25-64-40(52)28-8-12-30(13-9-28)42(54)68-36-18-16-32(22-34(36)44(56)60-4)66-46(58)48-20-21-49(27(3)24-48)47(59)67-33-17-19-37(35(23-33)45(57)61-5)69-43(55)31-14-10-29(11-15-31)41(53)65-26-63-39(51)7-2/h6-7,16-19,22-23,27-31H,1-2,8-15,20-21,24-26H2,3-5H3. The van der Waals surface area contributed by atoms with Crippen molar-refractivity contribution in [1.82, 2.24) is 9.80 Å². The summed E-state index contributed by atoms with van der Waals surface area (Å²) in [7, 11) is 2.25. The van der Waals surface area contributed by atoms with Gasteiger partial charge in [-0.2, -0.15) is 0 Å². The lowest BCUT2D eigenvalue weighted by Crippen LogP contribution is -2.56. The molecular weight excluding hydrogens is 913 g/mol. The molecule has 2 saturated carbocycles. The second-order valence-electron chi connectivity index (χ2n) is 16.0. The van der Waals surface area contributed by atoms with Crippen molar-refractivity contribution >= 4 is 59.9 Å². The molecule has 3 aliphatic rings. The molecule has 0 spiro atoms. The van der Waals surface area contributed by atoms with E-state index >= 15 is 0 Å². The van der Waals surface area contributed by atoms with Crippen LogP contribution in [-0.4, -0.2) is 123 Å². The smallest absolute Gasteiger partial charge is 0.415 e. The third-order valence-electron chi connectivity index (χ3n) is 11.6. The lowest BCUT2D eigenvalue weighted by molar-refractivity contribution is -0.170. The maximum Gasteiger partial charge on any atom is 0.415 e. The van der Waals surface area contributed by atoms with E-state index in [0.29, 0.717) is 25.7 Å². The van der Waals surface area contributed by atoms with Gasteiger partial charge < -0.3 is 57.2 Å². The Kier molecular flexibility index (Phi) is 18.8. The second-order valence-corrected chi connectivity index (χ2v) is 16.0. The first-order chi connectivity index (χ1) is 33.0. The van der Waals surface area contributed by atoms with Crippen molar-refractivity contribution in [2.75, 3.05) is 47.4 Å². The zero-order valence-corrected chi connectivity index (χ0v) is 38.2. The van der Waals surface area contributed by atoms with Crippen LogP contribution in [0.3, 0.4) is 0 Å². The lowest BCUT2D eigenvalue weighted by Gasteiger charge is -2.38. The minimum absolute atomic E-state index is 0.00672. The van der Waals surface area contributed by atoms with Gasteiger partial charge in [-0.1, -0.05) is 13.2 Å². The van der Waals surface area contributed by atoms with Crippen molar-refractivity contribution in [3.63, 3.8) is 0 Å². The summed E-state index contributed by atoms with van der Waals surface area (Å²) in [6.45, 7) is 7.10. The van der Waals surface area contributed by atoms with Gasteiger partial charge >= 0.3 is 59.9 Å². The first kappa shape index (κ1) is 52.2. The molecule has 0 radical (unpaired) electrons. The van der Waals surface area contributed by atoms with Gasteiger partial charge in [0.2, 0.25) is 13.6 Å². The number of amides is 2. The number of nitrogens with zero attached hydrogens (tertiary/aromatic N) is 2. The van der Waals surface area contributed by atoms with Gasteiger partial charge in [0.05, 0.1) is 43.9 Å². The predicted molar refractivity (Wildman–Crippen MR) is 232 cm³/mol. The van der Waals surface area contributed by atoms with Gasteiger partial charge in [0.25, 0.3) is 0 Å². The van der Waals surface area contributed by atoms with E-state index < -0.39 is 103 Å². The molecule has 1 unspecified atom stereocenters. The molecule has 1 heterocycles. The molecule has 22 heteroatoms. The number of carbonyl (C=O) groups is 10. The number of carbonyl (C=O) groups excluding carboxylic acids is 10. The average Bonchev–Trinajstić information content (AvgIpc) is 3.36. The molecule has 2 aliphatic carbocycles. The Morgan fingerprint density at radius 3 is 1.30 bits per heavy atom. The van der Waals surface area contributed by atoms with Gasteiger partial charge in [-0.25, -0.2) is 28.8 Å². The van der Waals surface area contributed by atoms with E-state index in [2.05, 4.69) is 22.6 Å². The van der Waals surface area contributed by atoms with Crippen molar-refractivity contribution in [2.24, 2.45) is 23.7 Å². The molecule has 69 heavy (non-hydrogen) atoms. The maximum absolute atomic E-state index is 13.4. The highest BCUT2D eigenvalue weighted by molar-refractivity contribution is 5.95. The Balaban J connectivity index is 1.11. The number of benzene rings is 2. The Labute approximate surface area is 395 Å². The average molecular weight is 965 g/mol. The number of rotatable bonds is 16. The highest BCUT2D eigenvalue weighted by Crippen LogP contribution is 2.35. The Bertz CT molecular complexity index is 2310. The quantitative estimate of drug-likeness (QED) is 0.0715. The van der Waals surface area contributed by atoms with Crippen molar-refractivity contribution in [3.05, 3.63) is 72.8 Å². The minimum Gasteiger partial charge on any atom is -0.465 e. The number of esters is 8. The molecule has 1 saturated heterocycles. The van der Waals surface area contributed by atoms with E-state index in [1.54, 1.807) is 6.92 Å². The Morgan fingerprint density at radius 2 is 0.928 bits per heavy atom. The number of methoxy groups -OCH3 is 2. The Hall–Kier alpha value is -7.78. The zero-order chi connectivity index (χ0) is 50.2. The van der Waals surface area contributed by atoms with Gasteiger partial charge in [-0.05, 0) is 94.7 Å². The third-order valence-corrected chi connectivity index (χ3v) is 11.6. The van der Waals surface area contributed by atoms with E-state index in [-0.39, 0.29) is 79.4 Å². The fourth-order valence-corrected chi connectivity index (χ4v) is 7.74. The third kappa shape index (κ3) is 14.4. The molecule has 0 aromatic heterocycles. The summed E-state index contributed by atoms with van der Waals surface area (Å²) >= 11 is 0. The SMILES string of the molecule is C=CC(=O)OCOC(=O)C1CCC(C(=O)Oc2ccc(OC(=O)N3CCN(C(=O)Oc4ccc(OC(=O)C5CCC(C(=O)OCOC(=O)C=C)CC5)c(C(=O)OC)c4)C(C)C3)cc2C(=O)OC)CC1. The monoisotopic (exact) mass is 964 g/mol. The topological polar surface area (TPSA) is 269 Å². The number of hydrogen-bond donors (Lipinski definition) is 0. The van der Waals surface area contributed by atoms with Crippen molar-refractivity contribution in [3.8, 4) is 23.0 Å². The van der Waals surface area contributed by atoms with Gasteiger partial charge in [0.15, 0.2) is 0 Å². The van der Waals surface area contributed by atoms with Crippen molar-refractivity contribution in [2.45, 2.75) is 64.3 Å². The maximum atomic E-state index is 13.4. The second kappa shape index (κ2) is 24.8. The van der Waals surface area contributed by atoms with Crippen LogP contribution in [0.2, 0.25) is 0 Å². The normalized spacial score (nSPS) is 19.8. The summed E-state index contributed by atoms with van der Waals surface area (Å²) in [5, 5.41) is 0. The molecular formula is C47H52N2O20. The van der Waals surface area contributed by atoms with Gasteiger partial charge in [-0.15, -0.1) is 0 Å².